The molecule has 1 heterocycles. The van der Waals surface area contributed by atoms with Crippen LogP contribution in [0.4, 0.5) is 5.69 Å². The maximum absolute atomic E-state index is 12.0. The van der Waals surface area contributed by atoms with Gasteiger partial charge in [0.25, 0.3) is 5.91 Å². The summed E-state index contributed by atoms with van der Waals surface area (Å²) >= 11 is 0. The van der Waals surface area contributed by atoms with Crippen LogP contribution in [0, 0.1) is 5.92 Å². The van der Waals surface area contributed by atoms with Gasteiger partial charge in [0, 0.05) is 25.3 Å². The molecule has 1 unspecified atom stereocenters. The fraction of sp³-hybridized carbons (Fsp3) is 0.368. The lowest BCUT2D eigenvalue weighted by molar-refractivity contribution is 0.0996. The minimum atomic E-state index is -0.265. The summed E-state index contributed by atoms with van der Waals surface area (Å²) in [5.74, 6) is 1.29. The molecule has 7 heteroatoms. The fourth-order valence-electron chi connectivity index (χ4n) is 2.12. The van der Waals surface area contributed by atoms with Crippen molar-refractivity contribution in [2.45, 2.75) is 33.4 Å². The van der Waals surface area contributed by atoms with E-state index in [9.17, 15) is 4.79 Å². The molecule has 0 bridgehead atoms. The van der Waals surface area contributed by atoms with Gasteiger partial charge in [-0.1, -0.05) is 26.0 Å². The van der Waals surface area contributed by atoms with E-state index in [0.29, 0.717) is 18.5 Å². The zero-order valence-electron chi connectivity index (χ0n) is 15.6. The third-order valence-corrected chi connectivity index (χ3v) is 3.98. The number of benzene rings is 1. The normalized spacial score (nSPS) is 12.3. The Morgan fingerprint density at radius 2 is 1.96 bits per heavy atom. The van der Waals surface area contributed by atoms with Gasteiger partial charge in [0.05, 0.1) is 6.26 Å². The quantitative estimate of drug-likeness (QED) is 0.341. The molecule has 2 aromatic rings. The number of nitrogens with zero attached hydrogens (tertiary/aromatic N) is 1. The Balaban J connectivity index is 0.00000338. The number of nitrogens with one attached hydrogen (secondary N) is 3. The molecule has 6 nitrogen and oxygen atoms in total. The predicted molar refractivity (Wildman–Crippen MR) is 116 cm³/mol. The van der Waals surface area contributed by atoms with Crippen LogP contribution in [0.25, 0.3) is 0 Å². The average molecular weight is 470 g/mol. The zero-order valence-corrected chi connectivity index (χ0v) is 17.9. The highest BCUT2D eigenvalue weighted by Gasteiger charge is 2.10. The van der Waals surface area contributed by atoms with Crippen LogP contribution in [0.3, 0.4) is 0 Å². The number of carbonyl (C=O) groups is 1. The number of guanidine groups is 1. The summed E-state index contributed by atoms with van der Waals surface area (Å²) in [6.45, 7) is 7.06. The summed E-state index contributed by atoms with van der Waals surface area (Å²) in [5.41, 5.74) is 1.76. The molecular formula is C19H27IN4O2. The minimum Gasteiger partial charge on any atom is -0.459 e. The first kappa shape index (κ1) is 22.0. The van der Waals surface area contributed by atoms with Crippen LogP contribution in [0.1, 0.15) is 36.9 Å². The molecule has 0 aliphatic heterocycles. The highest BCUT2D eigenvalue weighted by atomic mass is 127. The molecule has 0 radical (unpaired) electrons. The topological polar surface area (TPSA) is 78.7 Å². The molecule has 1 aromatic carbocycles. The first-order chi connectivity index (χ1) is 12.0. The van der Waals surface area contributed by atoms with Gasteiger partial charge in [-0.15, -0.1) is 24.0 Å². The molecule has 0 fully saturated rings. The first-order valence-electron chi connectivity index (χ1n) is 8.40. The summed E-state index contributed by atoms with van der Waals surface area (Å²) in [5, 5.41) is 9.47. The van der Waals surface area contributed by atoms with Crippen molar-refractivity contribution in [2.24, 2.45) is 10.9 Å². The van der Waals surface area contributed by atoms with Gasteiger partial charge in [-0.2, -0.15) is 0 Å². The predicted octanol–water partition coefficient (Wildman–Crippen LogP) is 3.86. The van der Waals surface area contributed by atoms with E-state index in [1.807, 2.05) is 24.3 Å². The molecule has 0 aliphatic carbocycles. The number of rotatable bonds is 6. The van der Waals surface area contributed by atoms with Crippen molar-refractivity contribution in [1.82, 2.24) is 10.6 Å². The average Bonchev–Trinajstić information content (AvgIpc) is 3.13. The van der Waals surface area contributed by atoms with E-state index in [1.165, 1.54) is 6.26 Å². The van der Waals surface area contributed by atoms with Crippen LogP contribution >= 0.6 is 24.0 Å². The highest BCUT2D eigenvalue weighted by Crippen LogP contribution is 2.12. The van der Waals surface area contributed by atoms with Crippen LogP contribution in [0.2, 0.25) is 0 Å². The van der Waals surface area contributed by atoms with Gasteiger partial charge in [0.15, 0.2) is 11.7 Å². The number of halogens is 1. The van der Waals surface area contributed by atoms with Gasteiger partial charge in [-0.3, -0.25) is 9.79 Å². The summed E-state index contributed by atoms with van der Waals surface area (Å²) in [7, 11) is 1.75. The second-order valence-electron chi connectivity index (χ2n) is 6.23. The van der Waals surface area contributed by atoms with E-state index in [2.05, 4.69) is 41.7 Å². The Hall–Kier alpha value is -2.03. The van der Waals surface area contributed by atoms with Gasteiger partial charge < -0.3 is 20.4 Å². The second-order valence-corrected chi connectivity index (χ2v) is 6.23. The van der Waals surface area contributed by atoms with E-state index in [-0.39, 0.29) is 35.6 Å². The van der Waals surface area contributed by atoms with Crippen molar-refractivity contribution >= 4 is 41.5 Å². The van der Waals surface area contributed by atoms with Crippen molar-refractivity contribution in [3.05, 3.63) is 54.0 Å². The van der Waals surface area contributed by atoms with Crippen LogP contribution in [-0.4, -0.2) is 25.0 Å². The van der Waals surface area contributed by atoms with Crippen LogP contribution in [0.5, 0.6) is 0 Å². The number of aliphatic imine (C=N–C) groups is 1. The van der Waals surface area contributed by atoms with E-state index in [4.69, 9.17) is 4.42 Å². The molecule has 0 saturated heterocycles. The summed E-state index contributed by atoms with van der Waals surface area (Å²) in [6, 6.07) is 11.3. The van der Waals surface area contributed by atoms with Gasteiger partial charge >= 0.3 is 0 Å². The molecule has 0 saturated carbocycles. The lowest BCUT2D eigenvalue weighted by Crippen LogP contribution is -2.43. The van der Waals surface area contributed by atoms with Gasteiger partial charge in [0.1, 0.15) is 0 Å². The minimum absolute atomic E-state index is 0. The standard InChI is InChI=1S/C19H26N4O2.HI/c1-13(2)14(3)22-19(20-4)21-12-15-7-5-8-16(11-15)23-18(24)17-9-6-10-25-17;/h5-11,13-14H,12H2,1-4H3,(H,23,24)(H2,20,21,22);1H. The van der Waals surface area contributed by atoms with E-state index < -0.39 is 0 Å². The molecule has 26 heavy (non-hydrogen) atoms. The van der Waals surface area contributed by atoms with Crippen molar-refractivity contribution in [3.63, 3.8) is 0 Å². The molecule has 3 N–H and O–H groups in total. The fourth-order valence-corrected chi connectivity index (χ4v) is 2.12. The van der Waals surface area contributed by atoms with Gasteiger partial charge in [0.2, 0.25) is 0 Å². The molecular weight excluding hydrogens is 443 g/mol. The van der Waals surface area contributed by atoms with Crippen molar-refractivity contribution < 1.29 is 9.21 Å². The number of amides is 1. The monoisotopic (exact) mass is 470 g/mol. The molecule has 0 aliphatic rings. The number of carbonyl (C=O) groups excluding carboxylic acids is 1. The van der Waals surface area contributed by atoms with Crippen molar-refractivity contribution in [1.29, 1.82) is 0 Å². The Morgan fingerprint density at radius 1 is 1.19 bits per heavy atom. The maximum atomic E-state index is 12.0. The molecule has 1 atom stereocenters. The lowest BCUT2D eigenvalue weighted by Gasteiger charge is -2.20. The van der Waals surface area contributed by atoms with Gasteiger partial charge in [-0.25, -0.2) is 0 Å². The number of furan rings is 1. The van der Waals surface area contributed by atoms with Crippen molar-refractivity contribution in [3.8, 4) is 0 Å². The van der Waals surface area contributed by atoms with Crippen LogP contribution in [0.15, 0.2) is 52.1 Å². The molecule has 1 aromatic heterocycles. The van der Waals surface area contributed by atoms with Gasteiger partial charge in [-0.05, 0) is 42.7 Å². The lowest BCUT2D eigenvalue weighted by atomic mass is 10.1. The molecule has 142 valence electrons. The molecule has 1 amide bonds. The van der Waals surface area contributed by atoms with Crippen LogP contribution < -0.4 is 16.0 Å². The maximum Gasteiger partial charge on any atom is 0.291 e. The van der Waals surface area contributed by atoms with E-state index in [0.717, 1.165) is 17.2 Å². The first-order valence-corrected chi connectivity index (χ1v) is 8.40. The molecule has 2 rings (SSSR count). The Morgan fingerprint density at radius 3 is 2.58 bits per heavy atom. The third-order valence-electron chi connectivity index (χ3n) is 3.98. The second kappa shape index (κ2) is 10.8. The SMILES string of the molecule is CN=C(NCc1cccc(NC(=O)c2ccco2)c1)NC(C)C(C)C.I. The summed E-state index contributed by atoms with van der Waals surface area (Å²) in [4.78, 5) is 16.3. The van der Waals surface area contributed by atoms with E-state index >= 15 is 0 Å². The van der Waals surface area contributed by atoms with Crippen LogP contribution in [-0.2, 0) is 6.54 Å². The summed E-state index contributed by atoms with van der Waals surface area (Å²) < 4.78 is 5.10. The number of hydrogen-bond acceptors (Lipinski definition) is 3. The largest absolute Gasteiger partial charge is 0.459 e. The molecule has 0 spiro atoms. The summed E-state index contributed by atoms with van der Waals surface area (Å²) in [6.07, 6.45) is 1.48. The Kier molecular flexibility index (Phi) is 9.18. The Labute approximate surface area is 171 Å². The smallest absolute Gasteiger partial charge is 0.291 e. The third kappa shape index (κ3) is 6.70. The van der Waals surface area contributed by atoms with Crippen molar-refractivity contribution in [2.75, 3.05) is 12.4 Å². The van der Waals surface area contributed by atoms with E-state index in [1.54, 1.807) is 19.2 Å². The number of anilines is 1. The number of hydrogen-bond donors (Lipinski definition) is 3. The zero-order chi connectivity index (χ0) is 18.2. The Bertz CT molecular complexity index is 714. The highest BCUT2D eigenvalue weighted by molar-refractivity contribution is 14.0.